The molecule has 1 aliphatic rings. The van der Waals surface area contributed by atoms with Crippen molar-refractivity contribution in [2.24, 2.45) is 17.6 Å². The molecule has 88 valence electrons. The zero-order valence-electron chi connectivity index (χ0n) is 9.66. The number of nitrogens with two attached hydrogens (primary N) is 1. The van der Waals surface area contributed by atoms with E-state index < -0.39 is 0 Å². The fraction of sp³-hybridized carbons (Fsp3) is 0.571. The third-order valence-corrected chi connectivity index (χ3v) is 3.76. The first-order valence-corrected chi connectivity index (χ1v) is 6.24. The number of benzene rings is 1. The van der Waals surface area contributed by atoms with E-state index in [0.717, 1.165) is 18.5 Å². The maximum absolute atomic E-state index is 13.1. The Balaban J connectivity index is 2.02. The zero-order chi connectivity index (χ0) is 11.4. The monoisotopic (exact) mass is 221 g/mol. The maximum atomic E-state index is 13.1. The Bertz CT molecular complexity index is 337. The summed E-state index contributed by atoms with van der Waals surface area (Å²) in [7, 11) is 0. The molecule has 1 aromatic carbocycles. The highest BCUT2D eigenvalue weighted by molar-refractivity contribution is 5.17. The number of halogens is 1. The molecular weight excluding hydrogens is 201 g/mol. The summed E-state index contributed by atoms with van der Waals surface area (Å²) in [5.74, 6) is 1.16. The summed E-state index contributed by atoms with van der Waals surface area (Å²) < 4.78 is 13.1. The fourth-order valence-electron chi connectivity index (χ4n) is 2.83. The van der Waals surface area contributed by atoms with E-state index in [1.807, 2.05) is 6.07 Å². The van der Waals surface area contributed by atoms with Crippen LogP contribution in [0.2, 0.25) is 0 Å². The number of rotatable bonds is 3. The van der Waals surface area contributed by atoms with Gasteiger partial charge in [-0.3, -0.25) is 0 Å². The highest BCUT2D eigenvalue weighted by Crippen LogP contribution is 2.31. The standard InChI is InChI=1S/C14H20FN/c15-14-7-3-4-11(9-14)8-12-5-1-2-6-13(12)10-16/h3-4,7,9,12-13H,1-2,5-6,8,10,16H2. The van der Waals surface area contributed by atoms with Crippen molar-refractivity contribution < 1.29 is 4.39 Å². The summed E-state index contributed by atoms with van der Waals surface area (Å²) in [6.45, 7) is 0.778. The molecule has 0 amide bonds. The van der Waals surface area contributed by atoms with Gasteiger partial charge in [-0.05, 0) is 55.3 Å². The van der Waals surface area contributed by atoms with Crippen molar-refractivity contribution in [3.8, 4) is 0 Å². The van der Waals surface area contributed by atoms with Crippen molar-refractivity contribution in [1.82, 2.24) is 0 Å². The van der Waals surface area contributed by atoms with Crippen LogP contribution in [0.15, 0.2) is 24.3 Å². The van der Waals surface area contributed by atoms with E-state index in [0.29, 0.717) is 11.8 Å². The van der Waals surface area contributed by atoms with Gasteiger partial charge in [-0.1, -0.05) is 25.0 Å². The van der Waals surface area contributed by atoms with E-state index in [1.54, 1.807) is 12.1 Å². The van der Waals surface area contributed by atoms with Gasteiger partial charge in [0.2, 0.25) is 0 Å². The second-order valence-corrected chi connectivity index (χ2v) is 4.87. The minimum absolute atomic E-state index is 0.127. The van der Waals surface area contributed by atoms with Crippen LogP contribution in [0.3, 0.4) is 0 Å². The third-order valence-electron chi connectivity index (χ3n) is 3.76. The lowest BCUT2D eigenvalue weighted by molar-refractivity contribution is 0.242. The van der Waals surface area contributed by atoms with Gasteiger partial charge in [-0.15, -0.1) is 0 Å². The molecular formula is C14H20FN. The fourth-order valence-corrected chi connectivity index (χ4v) is 2.83. The first kappa shape index (κ1) is 11.6. The maximum Gasteiger partial charge on any atom is 0.123 e. The van der Waals surface area contributed by atoms with Gasteiger partial charge >= 0.3 is 0 Å². The molecule has 16 heavy (non-hydrogen) atoms. The van der Waals surface area contributed by atoms with Gasteiger partial charge < -0.3 is 5.73 Å². The van der Waals surface area contributed by atoms with Crippen LogP contribution in [-0.2, 0) is 6.42 Å². The Labute approximate surface area is 96.9 Å². The van der Waals surface area contributed by atoms with E-state index in [1.165, 1.54) is 31.7 Å². The van der Waals surface area contributed by atoms with E-state index >= 15 is 0 Å². The minimum atomic E-state index is -0.127. The number of hydrogen-bond donors (Lipinski definition) is 1. The van der Waals surface area contributed by atoms with Crippen molar-refractivity contribution in [3.63, 3.8) is 0 Å². The van der Waals surface area contributed by atoms with Gasteiger partial charge in [0, 0.05) is 0 Å². The average Bonchev–Trinajstić information content (AvgIpc) is 2.30. The summed E-state index contributed by atoms with van der Waals surface area (Å²) in [6.07, 6.45) is 6.09. The van der Waals surface area contributed by atoms with Crippen LogP contribution in [0.5, 0.6) is 0 Å². The molecule has 1 saturated carbocycles. The Kier molecular flexibility index (Phi) is 3.94. The summed E-state index contributed by atoms with van der Waals surface area (Å²) in [5.41, 5.74) is 6.92. The molecule has 2 unspecified atom stereocenters. The molecule has 0 radical (unpaired) electrons. The lowest BCUT2D eigenvalue weighted by Crippen LogP contribution is -2.28. The van der Waals surface area contributed by atoms with Gasteiger partial charge in [0.1, 0.15) is 5.82 Å². The van der Waals surface area contributed by atoms with Crippen LogP contribution in [0.1, 0.15) is 31.2 Å². The van der Waals surface area contributed by atoms with Crippen LogP contribution in [0.25, 0.3) is 0 Å². The molecule has 2 atom stereocenters. The van der Waals surface area contributed by atoms with E-state index in [-0.39, 0.29) is 5.82 Å². The second-order valence-electron chi connectivity index (χ2n) is 4.87. The predicted octanol–water partition coefficient (Wildman–Crippen LogP) is 3.13. The van der Waals surface area contributed by atoms with Crippen LogP contribution in [0.4, 0.5) is 4.39 Å². The first-order chi connectivity index (χ1) is 7.79. The minimum Gasteiger partial charge on any atom is -0.330 e. The van der Waals surface area contributed by atoms with Crippen molar-refractivity contribution in [2.45, 2.75) is 32.1 Å². The number of hydrogen-bond acceptors (Lipinski definition) is 1. The molecule has 0 bridgehead atoms. The van der Waals surface area contributed by atoms with E-state index in [2.05, 4.69) is 0 Å². The normalized spacial score (nSPS) is 25.6. The van der Waals surface area contributed by atoms with E-state index in [4.69, 9.17) is 5.73 Å². The Hall–Kier alpha value is -0.890. The topological polar surface area (TPSA) is 26.0 Å². The van der Waals surface area contributed by atoms with Crippen LogP contribution < -0.4 is 5.73 Å². The van der Waals surface area contributed by atoms with Gasteiger partial charge in [0.15, 0.2) is 0 Å². The Morgan fingerprint density at radius 2 is 1.94 bits per heavy atom. The molecule has 2 N–H and O–H groups in total. The predicted molar refractivity (Wildman–Crippen MR) is 64.6 cm³/mol. The van der Waals surface area contributed by atoms with Crippen molar-refractivity contribution in [3.05, 3.63) is 35.6 Å². The van der Waals surface area contributed by atoms with Crippen molar-refractivity contribution in [2.75, 3.05) is 6.54 Å². The summed E-state index contributed by atoms with van der Waals surface area (Å²) in [4.78, 5) is 0. The second kappa shape index (κ2) is 5.44. The summed E-state index contributed by atoms with van der Waals surface area (Å²) in [6, 6.07) is 6.98. The van der Waals surface area contributed by atoms with Gasteiger partial charge in [-0.25, -0.2) is 4.39 Å². The van der Waals surface area contributed by atoms with Crippen LogP contribution in [-0.4, -0.2) is 6.54 Å². The SMILES string of the molecule is NCC1CCCCC1Cc1cccc(F)c1. The van der Waals surface area contributed by atoms with Crippen molar-refractivity contribution >= 4 is 0 Å². The molecule has 0 aromatic heterocycles. The highest BCUT2D eigenvalue weighted by atomic mass is 19.1. The smallest absolute Gasteiger partial charge is 0.123 e. The highest BCUT2D eigenvalue weighted by Gasteiger charge is 2.23. The third kappa shape index (κ3) is 2.82. The summed E-state index contributed by atoms with van der Waals surface area (Å²) >= 11 is 0. The molecule has 2 heteroatoms. The molecule has 1 nitrogen and oxygen atoms in total. The molecule has 0 saturated heterocycles. The molecule has 0 spiro atoms. The van der Waals surface area contributed by atoms with Crippen LogP contribution >= 0.6 is 0 Å². The molecule has 1 fully saturated rings. The molecule has 0 heterocycles. The molecule has 0 aliphatic heterocycles. The Morgan fingerprint density at radius 1 is 1.19 bits per heavy atom. The molecule has 1 aliphatic carbocycles. The largest absolute Gasteiger partial charge is 0.330 e. The first-order valence-electron chi connectivity index (χ1n) is 6.24. The lowest BCUT2D eigenvalue weighted by Gasteiger charge is -2.30. The Morgan fingerprint density at radius 3 is 2.62 bits per heavy atom. The van der Waals surface area contributed by atoms with Crippen molar-refractivity contribution in [1.29, 1.82) is 0 Å². The van der Waals surface area contributed by atoms with E-state index in [9.17, 15) is 4.39 Å². The quantitative estimate of drug-likeness (QED) is 0.833. The lowest BCUT2D eigenvalue weighted by atomic mass is 9.76. The average molecular weight is 221 g/mol. The summed E-state index contributed by atoms with van der Waals surface area (Å²) in [5, 5.41) is 0. The van der Waals surface area contributed by atoms with Gasteiger partial charge in [0.25, 0.3) is 0 Å². The molecule has 1 aromatic rings. The van der Waals surface area contributed by atoms with Gasteiger partial charge in [-0.2, -0.15) is 0 Å². The van der Waals surface area contributed by atoms with Gasteiger partial charge in [0.05, 0.1) is 0 Å². The zero-order valence-corrected chi connectivity index (χ0v) is 9.66. The van der Waals surface area contributed by atoms with Crippen LogP contribution in [0, 0.1) is 17.7 Å². The molecule has 2 rings (SSSR count).